The Kier molecular flexibility index (Phi) is 3.93. The monoisotopic (exact) mass is 342 g/mol. The summed E-state index contributed by atoms with van der Waals surface area (Å²) in [5, 5.41) is 13.9. The highest BCUT2D eigenvalue weighted by Gasteiger charge is 2.11. The van der Waals surface area contributed by atoms with Crippen molar-refractivity contribution < 1.29 is 13.5 Å². The molecule has 2 aromatic carbocycles. The lowest BCUT2D eigenvalue weighted by molar-refractivity contribution is 0.471. The third-order valence-corrected chi connectivity index (χ3v) is 5.06. The molecule has 0 saturated heterocycles. The number of phenols is 1. The normalized spacial score (nSPS) is 11.6. The van der Waals surface area contributed by atoms with Crippen LogP contribution in [0.15, 0.2) is 47.5 Å². The number of aryl methyl sites for hydroxylation is 2. The standard InChI is InChI=1S/C18H18N2O3S/c1-11-8-12(2)18(21)10-17(11)20-16-6-7-19-15-5-4-13(9-14(15)16)24(3,22)23/h4-10,21H,1-3H3,(H,19,20). The van der Waals surface area contributed by atoms with Crippen LogP contribution in [0.25, 0.3) is 10.9 Å². The summed E-state index contributed by atoms with van der Waals surface area (Å²) in [6.07, 6.45) is 2.84. The zero-order valence-electron chi connectivity index (χ0n) is 13.7. The third-order valence-electron chi connectivity index (χ3n) is 3.95. The molecule has 0 atom stereocenters. The van der Waals surface area contributed by atoms with E-state index in [0.29, 0.717) is 10.9 Å². The number of aromatic nitrogens is 1. The number of hydrogen-bond acceptors (Lipinski definition) is 5. The van der Waals surface area contributed by atoms with Gasteiger partial charge in [0, 0.05) is 35.3 Å². The van der Waals surface area contributed by atoms with Crippen molar-refractivity contribution in [3.05, 3.63) is 53.7 Å². The maximum absolute atomic E-state index is 11.8. The second-order valence-corrected chi connectivity index (χ2v) is 7.90. The third kappa shape index (κ3) is 3.05. The molecule has 0 unspecified atom stereocenters. The summed E-state index contributed by atoms with van der Waals surface area (Å²) < 4.78 is 23.6. The maximum atomic E-state index is 11.8. The van der Waals surface area contributed by atoms with Crippen LogP contribution in [-0.4, -0.2) is 24.8 Å². The molecule has 24 heavy (non-hydrogen) atoms. The van der Waals surface area contributed by atoms with Gasteiger partial charge in [0.15, 0.2) is 9.84 Å². The van der Waals surface area contributed by atoms with Gasteiger partial charge in [-0.1, -0.05) is 6.07 Å². The summed E-state index contributed by atoms with van der Waals surface area (Å²) in [7, 11) is -3.30. The van der Waals surface area contributed by atoms with E-state index in [1.807, 2.05) is 19.9 Å². The number of rotatable bonds is 3. The molecule has 0 radical (unpaired) electrons. The quantitative estimate of drug-likeness (QED) is 0.758. The van der Waals surface area contributed by atoms with Gasteiger partial charge in [-0.05, 0) is 49.2 Å². The molecule has 1 heterocycles. The molecule has 0 bridgehead atoms. The summed E-state index contributed by atoms with van der Waals surface area (Å²) in [5.41, 5.74) is 3.97. The molecule has 2 N–H and O–H groups in total. The van der Waals surface area contributed by atoms with Crippen molar-refractivity contribution in [2.75, 3.05) is 11.6 Å². The van der Waals surface area contributed by atoms with E-state index in [1.54, 1.807) is 36.5 Å². The van der Waals surface area contributed by atoms with E-state index >= 15 is 0 Å². The second kappa shape index (κ2) is 5.79. The highest BCUT2D eigenvalue weighted by molar-refractivity contribution is 7.90. The zero-order chi connectivity index (χ0) is 17.5. The van der Waals surface area contributed by atoms with E-state index < -0.39 is 9.84 Å². The largest absolute Gasteiger partial charge is 0.508 e. The molecule has 0 aliphatic heterocycles. The number of nitrogens with one attached hydrogen (secondary N) is 1. The number of anilines is 2. The molecule has 124 valence electrons. The molecule has 0 fully saturated rings. The molecule has 0 aliphatic carbocycles. The number of aromatic hydroxyl groups is 1. The molecule has 1 aromatic heterocycles. The van der Waals surface area contributed by atoms with Crippen molar-refractivity contribution in [3.63, 3.8) is 0 Å². The van der Waals surface area contributed by atoms with E-state index in [-0.39, 0.29) is 10.6 Å². The van der Waals surface area contributed by atoms with E-state index in [4.69, 9.17) is 0 Å². The van der Waals surface area contributed by atoms with Crippen molar-refractivity contribution in [1.82, 2.24) is 4.98 Å². The first-order chi connectivity index (χ1) is 11.3. The van der Waals surface area contributed by atoms with Crippen molar-refractivity contribution in [2.24, 2.45) is 0 Å². The fraction of sp³-hybridized carbons (Fsp3) is 0.167. The van der Waals surface area contributed by atoms with Crippen LogP contribution in [0.5, 0.6) is 5.75 Å². The first-order valence-electron chi connectivity index (χ1n) is 7.42. The smallest absolute Gasteiger partial charge is 0.175 e. The van der Waals surface area contributed by atoms with Gasteiger partial charge in [-0.25, -0.2) is 8.42 Å². The van der Waals surface area contributed by atoms with Crippen LogP contribution in [-0.2, 0) is 9.84 Å². The number of sulfone groups is 1. The van der Waals surface area contributed by atoms with Crippen molar-refractivity contribution in [2.45, 2.75) is 18.7 Å². The highest BCUT2D eigenvalue weighted by atomic mass is 32.2. The van der Waals surface area contributed by atoms with Gasteiger partial charge in [0.2, 0.25) is 0 Å². The molecule has 0 spiro atoms. The van der Waals surface area contributed by atoms with Crippen LogP contribution in [0, 0.1) is 13.8 Å². The number of phenolic OH excluding ortho intramolecular Hbond substituents is 1. The molecule has 5 nitrogen and oxygen atoms in total. The molecular weight excluding hydrogens is 324 g/mol. The van der Waals surface area contributed by atoms with Crippen molar-refractivity contribution in [1.29, 1.82) is 0 Å². The zero-order valence-corrected chi connectivity index (χ0v) is 14.5. The van der Waals surface area contributed by atoms with Gasteiger partial charge >= 0.3 is 0 Å². The van der Waals surface area contributed by atoms with E-state index in [9.17, 15) is 13.5 Å². The summed E-state index contributed by atoms with van der Waals surface area (Å²) in [6.45, 7) is 3.78. The summed E-state index contributed by atoms with van der Waals surface area (Å²) >= 11 is 0. The lowest BCUT2D eigenvalue weighted by atomic mass is 10.1. The minimum absolute atomic E-state index is 0.207. The number of pyridine rings is 1. The number of nitrogens with zero attached hydrogens (tertiary/aromatic N) is 1. The predicted octanol–water partition coefficient (Wildman–Crippen LogP) is 3.70. The summed E-state index contributed by atoms with van der Waals surface area (Å²) in [5.74, 6) is 0.207. The van der Waals surface area contributed by atoms with Crippen LogP contribution in [0.4, 0.5) is 11.4 Å². The number of benzene rings is 2. The minimum atomic E-state index is -3.30. The van der Waals surface area contributed by atoms with Gasteiger partial charge in [-0.3, -0.25) is 4.98 Å². The Morgan fingerprint density at radius 3 is 2.46 bits per heavy atom. The van der Waals surface area contributed by atoms with Gasteiger partial charge < -0.3 is 10.4 Å². The molecule has 3 rings (SSSR count). The van der Waals surface area contributed by atoms with Crippen molar-refractivity contribution in [3.8, 4) is 5.75 Å². The Labute approximate surface area is 140 Å². The number of fused-ring (bicyclic) bond motifs is 1. The fourth-order valence-corrected chi connectivity index (χ4v) is 3.23. The van der Waals surface area contributed by atoms with Gasteiger partial charge in [-0.15, -0.1) is 0 Å². The minimum Gasteiger partial charge on any atom is -0.508 e. The van der Waals surface area contributed by atoms with Crippen LogP contribution in [0.1, 0.15) is 11.1 Å². The Morgan fingerprint density at radius 1 is 1.00 bits per heavy atom. The molecule has 3 aromatic rings. The number of hydrogen-bond donors (Lipinski definition) is 2. The Morgan fingerprint density at radius 2 is 1.75 bits per heavy atom. The molecule has 6 heteroatoms. The van der Waals surface area contributed by atoms with Gasteiger partial charge in [0.05, 0.1) is 10.4 Å². The first kappa shape index (κ1) is 16.3. The van der Waals surface area contributed by atoms with Gasteiger partial charge in [-0.2, -0.15) is 0 Å². The average Bonchev–Trinajstić information content (AvgIpc) is 2.51. The fourth-order valence-electron chi connectivity index (χ4n) is 2.59. The Balaban J connectivity index is 2.14. The Bertz CT molecular complexity index is 1040. The molecule has 0 saturated carbocycles. The lowest BCUT2D eigenvalue weighted by Gasteiger charge is -2.14. The van der Waals surface area contributed by atoms with E-state index in [2.05, 4.69) is 10.3 Å². The lowest BCUT2D eigenvalue weighted by Crippen LogP contribution is -1.99. The van der Waals surface area contributed by atoms with Crippen LogP contribution >= 0.6 is 0 Å². The van der Waals surface area contributed by atoms with Crippen LogP contribution in [0.3, 0.4) is 0 Å². The SMILES string of the molecule is Cc1cc(C)c(Nc2ccnc3ccc(S(C)(=O)=O)cc23)cc1O. The molecular formula is C18H18N2O3S. The second-order valence-electron chi connectivity index (χ2n) is 5.89. The van der Waals surface area contributed by atoms with Crippen LogP contribution in [0.2, 0.25) is 0 Å². The van der Waals surface area contributed by atoms with E-state index in [0.717, 1.165) is 22.5 Å². The average molecular weight is 342 g/mol. The highest BCUT2D eigenvalue weighted by Crippen LogP contribution is 2.31. The maximum Gasteiger partial charge on any atom is 0.175 e. The van der Waals surface area contributed by atoms with Gasteiger partial charge in [0.25, 0.3) is 0 Å². The predicted molar refractivity (Wildman–Crippen MR) is 95.7 cm³/mol. The van der Waals surface area contributed by atoms with Crippen LogP contribution < -0.4 is 5.32 Å². The van der Waals surface area contributed by atoms with Gasteiger partial charge in [0.1, 0.15) is 5.75 Å². The first-order valence-corrected chi connectivity index (χ1v) is 9.31. The molecule has 0 amide bonds. The topological polar surface area (TPSA) is 79.3 Å². The summed E-state index contributed by atoms with van der Waals surface area (Å²) in [4.78, 5) is 4.52. The molecule has 0 aliphatic rings. The summed E-state index contributed by atoms with van der Waals surface area (Å²) in [6, 6.07) is 10.2. The Hall–Kier alpha value is -2.60. The van der Waals surface area contributed by atoms with E-state index in [1.165, 1.54) is 6.26 Å². The van der Waals surface area contributed by atoms with Crippen molar-refractivity contribution >= 4 is 32.1 Å².